The Balaban J connectivity index is 1.73. The molecular formula is C21H23N3O2S. The van der Waals surface area contributed by atoms with Gasteiger partial charge < -0.3 is 4.90 Å². The summed E-state index contributed by atoms with van der Waals surface area (Å²) in [6, 6.07) is 18.9. The number of anilines is 2. The molecule has 1 N–H and O–H groups in total. The summed E-state index contributed by atoms with van der Waals surface area (Å²) in [7, 11) is -1.69. The van der Waals surface area contributed by atoms with Crippen LogP contribution in [0.25, 0.3) is 0 Å². The van der Waals surface area contributed by atoms with Crippen LogP contribution >= 0.6 is 0 Å². The zero-order chi connectivity index (χ0) is 19.4. The normalized spacial score (nSPS) is 11.2. The molecule has 0 spiro atoms. The van der Waals surface area contributed by atoms with Gasteiger partial charge in [0.25, 0.3) is 10.0 Å². The van der Waals surface area contributed by atoms with E-state index in [9.17, 15) is 8.42 Å². The summed E-state index contributed by atoms with van der Waals surface area (Å²) >= 11 is 0. The molecule has 3 rings (SSSR count). The van der Waals surface area contributed by atoms with Gasteiger partial charge in [0.1, 0.15) is 5.82 Å². The third kappa shape index (κ3) is 4.65. The lowest BCUT2D eigenvalue weighted by molar-refractivity contribution is 0.600. The topological polar surface area (TPSA) is 62.3 Å². The SMILES string of the molecule is Cc1ccc(S(=O)(=O)Nc2ccc(N(C)Cc3ccccc3)cn2)c(C)c1. The molecule has 0 unspecified atom stereocenters. The van der Waals surface area contributed by atoms with Gasteiger partial charge in [-0.25, -0.2) is 13.4 Å². The first-order chi connectivity index (χ1) is 12.8. The Morgan fingerprint density at radius 2 is 1.74 bits per heavy atom. The summed E-state index contributed by atoms with van der Waals surface area (Å²) in [4.78, 5) is 6.59. The molecule has 140 valence electrons. The van der Waals surface area contributed by atoms with E-state index in [4.69, 9.17) is 0 Å². The van der Waals surface area contributed by atoms with Gasteiger partial charge in [-0.2, -0.15) is 0 Å². The summed E-state index contributed by atoms with van der Waals surface area (Å²) in [6.45, 7) is 4.47. The van der Waals surface area contributed by atoms with Crippen LogP contribution in [0.2, 0.25) is 0 Å². The van der Waals surface area contributed by atoms with Gasteiger partial charge in [0.05, 0.1) is 16.8 Å². The van der Waals surface area contributed by atoms with E-state index in [1.165, 1.54) is 5.56 Å². The number of nitrogens with zero attached hydrogens (tertiary/aromatic N) is 2. The van der Waals surface area contributed by atoms with Crippen molar-refractivity contribution in [2.24, 2.45) is 0 Å². The van der Waals surface area contributed by atoms with E-state index < -0.39 is 10.0 Å². The molecule has 0 atom stereocenters. The number of aromatic nitrogens is 1. The van der Waals surface area contributed by atoms with Gasteiger partial charge in [0.15, 0.2) is 0 Å². The van der Waals surface area contributed by atoms with Crippen molar-refractivity contribution in [3.63, 3.8) is 0 Å². The Labute approximate surface area is 160 Å². The quantitative estimate of drug-likeness (QED) is 0.697. The van der Waals surface area contributed by atoms with Crippen molar-refractivity contribution in [2.45, 2.75) is 25.3 Å². The van der Waals surface area contributed by atoms with Crippen LogP contribution in [-0.4, -0.2) is 20.4 Å². The molecule has 3 aromatic rings. The zero-order valence-corrected chi connectivity index (χ0v) is 16.5. The lowest BCUT2D eigenvalue weighted by Gasteiger charge is -2.19. The van der Waals surface area contributed by atoms with Crippen molar-refractivity contribution >= 4 is 21.5 Å². The van der Waals surface area contributed by atoms with Gasteiger partial charge >= 0.3 is 0 Å². The van der Waals surface area contributed by atoms with Crippen molar-refractivity contribution in [3.05, 3.63) is 83.6 Å². The summed E-state index contributed by atoms with van der Waals surface area (Å²) in [6.07, 6.45) is 1.67. The highest BCUT2D eigenvalue weighted by Gasteiger charge is 2.17. The van der Waals surface area contributed by atoms with E-state index in [-0.39, 0.29) is 4.90 Å². The molecule has 2 aromatic carbocycles. The Morgan fingerprint density at radius 1 is 1.00 bits per heavy atom. The van der Waals surface area contributed by atoms with E-state index >= 15 is 0 Å². The minimum Gasteiger partial charge on any atom is -0.369 e. The molecule has 0 saturated heterocycles. The standard InChI is InChI=1S/C21H23N3O2S/c1-16-9-11-20(17(2)13-16)27(25,26)23-21-12-10-19(14-22-21)24(3)15-18-7-5-4-6-8-18/h4-14H,15H2,1-3H3,(H,22,23). The molecule has 0 amide bonds. The zero-order valence-electron chi connectivity index (χ0n) is 15.7. The van der Waals surface area contributed by atoms with Gasteiger partial charge in [-0.1, -0.05) is 48.0 Å². The van der Waals surface area contributed by atoms with E-state index in [1.54, 1.807) is 31.3 Å². The Kier molecular flexibility index (Phi) is 5.46. The molecular weight excluding hydrogens is 358 g/mol. The first-order valence-electron chi connectivity index (χ1n) is 8.66. The molecule has 27 heavy (non-hydrogen) atoms. The van der Waals surface area contributed by atoms with Crippen LogP contribution in [0.4, 0.5) is 11.5 Å². The van der Waals surface area contributed by atoms with E-state index in [0.717, 1.165) is 17.8 Å². The maximum absolute atomic E-state index is 12.6. The number of rotatable bonds is 6. The molecule has 0 saturated carbocycles. The molecule has 0 aliphatic heterocycles. The number of hydrogen-bond acceptors (Lipinski definition) is 4. The Morgan fingerprint density at radius 3 is 2.37 bits per heavy atom. The smallest absolute Gasteiger partial charge is 0.263 e. The molecule has 0 radical (unpaired) electrons. The first kappa shape index (κ1) is 18.9. The predicted octanol–water partition coefficient (Wildman–Crippen LogP) is 4.14. The van der Waals surface area contributed by atoms with Gasteiger partial charge in [0.2, 0.25) is 0 Å². The van der Waals surface area contributed by atoms with Gasteiger partial charge in [-0.05, 0) is 43.2 Å². The highest BCUT2D eigenvalue weighted by Crippen LogP contribution is 2.21. The van der Waals surface area contributed by atoms with Crippen molar-refractivity contribution < 1.29 is 8.42 Å². The average molecular weight is 382 g/mol. The highest BCUT2D eigenvalue weighted by molar-refractivity contribution is 7.92. The van der Waals surface area contributed by atoms with Gasteiger partial charge in [-0.15, -0.1) is 0 Å². The Hall–Kier alpha value is -2.86. The van der Waals surface area contributed by atoms with E-state index in [2.05, 4.69) is 26.7 Å². The molecule has 5 nitrogen and oxygen atoms in total. The minimum absolute atomic E-state index is 0.264. The van der Waals surface area contributed by atoms with Crippen LogP contribution in [0.15, 0.2) is 71.8 Å². The second kappa shape index (κ2) is 7.80. The number of aryl methyl sites for hydroxylation is 2. The van der Waals surface area contributed by atoms with Crippen molar-refractivity contribution in [1.82, 2.24) is 4.98 Å². The molecule has 0 bridgehead atoms. The van der Waals surface area contributed by atoms with Gasteiger partial charge in [0, 0.05) is 13.6 Å². The fourth-order valence-electron chi connectivity index (χ4n) is 2.91. The number of sulfonamides is 1. The van der Waals surface area contributed by atoms with Crippen molar-refractivity contribution in [1.29, 1.82) is 0 Å². The van der Waals surface area contributed by atoms with E-state index in [1.807, 2.05) is 44.3 Å². The summed E-state index contributed by atoms with van der Waals surface area (Å²) < 4.78 is 27.8. The number of pyridine rings is 1. The molecule has 1 aromatic heterocycles. The van der Waals surface area contributed by atoms with Crippen molar-refractivity contribution in [3.8, 4) is 0 Å². The maximum atomic E-state index is 12.6. The molecule has 1 heterocycles. The molecule has 0 fully saturated rings. The second-order valence-corrected chi connectivity index (χ2v) is 8.27. The van der Waals surface area contributed by atoms with Crippen LogP contribution in [-0.2, 0) is 16.6 Å². The van der Waals surface area contributed by atoms with Gasteiger partial charge in [-0.3, -0.25) is 4.72 Å². The predicted molar refractivity (Wildman–Crippen MR) is 110 cm³/mol. The average Bonchev–Trinajstić information content (AvgIpc) is 2.62. The lowest BCUT2D eigenvalue weighted by Crippen LogP contribution is -2.18. The van der Waals surface area contributed by atoms with Crippen LogP contribution in [0.1, 0.15) is 16.7 Å². The third-order valence-electron chi connectivity index (χ3n) is 4.31. The number of hydrogen-bond donors (Lipinski definition) is 1. The molecule has 0 aliphatic rings. The van der Waals surface area contributed by atoms with Crippen molar-refractivity contribution in [2.75, 3.05) is 16.7 Å². The fraction of sp³-hybridized carbons (Fsp3) is 0.190. The highest BCUT2D eigenvalue weighted by atomic mass is 32.2. The summed E-state index contributed by atoms with van der Waals surface area (Å²) in [5, 5.41) is 0. The largest absolute Gasteiger partial charge is 0.369 e. The van der Waals surface area contributed by atoms with E-state index in [0.29, 0.717) is 11.4 Å². The monoisotopic (exact) mass is 381 g/mol. The minimum atomic E-state index is -3.67. The summed E-state index contributed by atoms with van der Waals surface area (Å²) in [5.41, 5.74) is 3.84. The van der Waals surface area contributed by atoms with Crippen LogP contribution in [0.3, 0.4) is 0 Å². The van der Waals surface area contributed by atoms with Crippen LogP contribution in [0, 0.1) is 13.8 Å². The maximum Gasteiger partial charge on any atom is 0.263 e. The number of nitrogens with one attached hydrogen (secondary N) is 1. The van der Waals surface area contributed by atoms with Crippen LogP contribution < -0.4 is 9.62 Å². The summed E-state index contributed by atoms with van der Waals surface area (Å²) in [5.74, 6) is 0.298. The molecule has 0 aliphatic carbocycles. The fourth-order valence-corrected chi connectivity index (χ4v) is 4.15. The number of benzene rings is 2. The third-order valence-corrected chi connectivity index (χ3v) is 5.83. The second-order valence-electron chi connectivity index (χ2n) is 6.62. The van der Waals surface area contributed by atoms with Crippen LogP contribution in [0.5, 0.6) is 0 Å². The first-order valence-corrected chi connectivity index (χ1v) is 10.1. The Bertz CT molecular complexity index is 1020. The molecule has 6 heteroatoms. The lowest BCUT2D eigenvalue weighted by atomic mass is 10.2.